The molecular formula is C6H11NO2S. The second kappa shape index (κ2) is 3.25. The van der Waals surface area contributed by atoms with E-state index in [4.69, 9.17) is 10.8 Å². The van der Waals surface area contributed by atoms with Gasteiger partial charge in [-0.15, -0.1) is 0 Å². The van der Waals surface area contributed by atoms with Crippen molar-refractivity contribution < 1.29 is 9.90 Å². The fourth-order valence-corrected chi connectivity index (χ4v) is 2.35. The van der Waals surface area contributed by atoms with Gasteiger partial charge >= 0.3 is 5.97 Å². The fourth-order valence-electron chi connectivity index (χ4n) is 1.04. The first-order chi connectivity index (χ1) is 4.72. The van der Waals surface area contributed by atoms with Gasteiger partial charge in [-0.1, -0.05) is 0 Å². The minimum atomic E-state index is -0.868. The Bertz CT molecular complexity index is 134. The van der Waals surface area contributed by atoms with Crippen molar-refractivity contribution in [1.82, 2.24) is 0 Å². The number of carbonyl (C=O) groups is 1. The summed E-state index contributed by atoms with van der Waals surface area (Å²) >= 11 is 1.78. The van der Waals surface area contributed by atoms with Gasteiger partial charge in [0.1, 0.15) is 6.04 Å². The molecule has 0 aromatic carbocycles. The topological polar surface area (TPSA) is 63.3 Å². The van der Waals surface area contributed by atoms with Crippen LogP contribution in [0.2, 0.25) is 0 Å². The molecule has 3 nitrogen and oxygen atoms in total. The minimum Gasteiger partial charge on any atom is -0.480 e. The van der Waals surface area contributed by atoms with Gasteiger partial charge in [0.05, 0.1) is 0 Å². The van der Waals surface area contributed by atoms with Gasteiger partial charge in [-0.05, 0) is 23.8 Å². The molecule has 2 unspecified atom stereocenters. The zero-order valence-electron chi connectivity index (χ0n) is 5.62. The van der Waals surface area contributed by atoms with Crippen LogP contribution in [-0.4, -0.2) is 28.6 Å². The van der Waals surface area contributed by atoms with E-state index >= 15 is 0 Å². The normalized spacial score (nSPS) is 28.3. The van der Waals surface area contributed by atoms with Crippen LogP contribution >= 0.6 is 11.8 Å². The predicted octanol–water partition coefficient (Wildman–Crippen LogP) is 0.151. The first kappa shape index (κ1) is 7.88. The Balaban J connectivity index is 2.39. The van der Waals surface area contributed by atoms with Crippen LogP contribution in [0.3, 0.4) is 0 Å². The lowest BCUT2D eigenvalue weighted by atomic mass is 10.0. The molecule has 58 valence electrons. The van der Waals surface area contributed by atoms with Crippen molar-refractivity contribution in [3.8, 4) is 0 Å². The van der Waals surface area contributed by atoms with Gasteiger partial charge in [-0.25, -0.2) is 0 Å². The van der Waals surface area contributed by atoms with Gasteiger partial charge in [0.25, 0.3) is 0 Å². The van der Waals surface area contributed by atoms with Crippen LogP contribution in [0.25, 0.3) is 0 Å². The van der Waals surface area contributed by atoms with Gasteiger partial charge < -0.3 is 10.8 Å². The van der Waals surface area contributed by atoms with Gasteiger partial charge in [0, 0.05) is 0 Å². The van der Waals surface area contributed by atoms with E-state index in [2.05, 4.69) is 0 Å². The van der Waals surface area contributed by atoms with E-state index < -0.39 is 12.0 Å². The lowest BCUT2D eigenvalue weighted by Crippen LogP contribution is -2.37. The molecule has 0 bridgehead atoms. The molecule has 0 spiro atoms. The summed E-state index contributed by atoms with van der Waals surface area (Å²) in [6.07, 6.45) is 0.956. The second-order valence-electron chi connectivity index (χ2n) is 2.49. The number of carboxylic acids is 1. The maximum atomic E-state index is 10.4. The number of nitrogens with two attached hydrogens (primary N) is 1. The lowest BCUT2D eigenvalue weighted by molar-refractivity contribution is -0.139. The van der Waals surface area contributed by atoms with Crippen LogP contribution in [0, 0.1) is 5.92 Å². The monoisotopic (exact) mass is 161 g/mol. The number of hydrogen-bond donors (Lipinski definition) is 2. The van der Waals surface area contributed by atoms with Gasteiger partial charge in [-0.3, -0.25) is 4.79 Å². The molecule has 0 aromatic heterocycles. The van der Waals surface area contributed by atoms with E-state index in [1.165, 1.54) is 0 Å². The van der Waals surface area contributed by atoms with Gasteiger partial charge in [-0.2, -0.15) is 11.8 Å². The average molecular weight is 161 g/mol. The van der Waals surface area contributed by atoms with E-state index in [-0.39, 0.29) is 5.92 Å². The van der Waals surface area contributed by atoms with E-state index in [9.17, 15) is 4.79 Å². The van der Waals surface area contributed by atoms with Gasteiger partial charge in [0.2, 0.25) is 0 Å². The highest BCUT2D eigenvalue weighted by Gasteiger charge is 2.27. The highest BCUT2D eigenvalue weighted by molar-refractivity contribution is 7.99. The Morgan fingerprint density at radius 1 is 1.80 bits per heavy atom. The molecule has 1 fully saturated rings. The average Bonchev–Trinajstić information content (AvgIpc) is 2.36. The highest BCUT2D eigenvalue weighted by atomic mass is 32.2. The van der Waals surface area contributed by atoms with Gasteiger partial charge in [0.15, 0.2) is 0 Å². The van der Waals surface area contributed by atoms with E-state index in [0.29, 0.717) is 0 Å². The Morgan fingerprint density at radius 2 is 2.50 bits per heavy atom. The molecule has 4 heteroatoms. The van der Waals surface area contributed by atoms with Crippen molar-refractivity contribution >= 4 is 17.7 Å². The molecule has 1 saturated heterocycles. The number of carboxylic acid groups (broad SMARTS) is 1. The molecule has 2 atom stereocenters. The van der Waals surface area contributed by atoms with Crippen LogP contribution in [0.5, 0.6) is 0 Å². The number of rotatable bonds is 2. The molecule has 1 aliphatic heterocycles. The molecule has 1 heterocycles. The smallest absolute Gasteiger partial charge is 0.320 e. The molecule has 3 N–H and O–H groups in total. The summed E-state index contributed by atoms with van der Waals surface area (Å²) in [7, 11) is 0. The Hall–Kier alpha value is -0.220. The standard InChI is InChI=1S/C6H11NO2S/c7-5(6(8)9)4-1-2-10-3-4/h4-5H,1-3,7H2,(H,8,9). The third-order valence-electron chi connectivity index (χ3n) is 1.76. The summed E-state index contributed by atoms with van der Waals surface area (Å²) in [5.74, 6) is 1.30. The van der Waals surface area contributed by atoms with Crippen LogP contribution in [0.15, 0.2) is 0 Å². The van der Waals surface area contributed by atoms with Crippen molar-refractivity contribution in [3.05, 3.63) is 0 Å². The molecule has 0 radical (unpaired) electrons. The van der Waals surface area contributed by atoms with Crippen LogP contribution in [0.4, 0.5) is 0 Å². The third kappa shape index (κ3) is 1.64. The quantitative estimate of drug-likeness (QED) is 0.605. The summed E-state index contributed by atoms with van der Waals surface area (Å²) in [4.78, 5) is 10.4. The molecule has 10 heavy (non-hydrogen) atoms. The highest BCUT2D eigenvalue weighted by Crippen LogP contribution is 2.25. The number of thioether (sulfide) groups is 1. The molecule has 1 aliphatic rings. The SMILES string of the molecule is NC(C(=O)O)C1CCSC1. The van der Waals surface area contributed by atoms with Crippen LogP contribution in [-0.2, 0) is 4.79 Å². The minimum absolute atomic E-state index is 0.197. The Labute approximate surface area is 64.0 Å². The first-order valence-corrected chi connectivity index (χ1v) is 4.43. The molecule has 0 aromatic rings. The maximum Gasteiger partial charge on any atom is 0.320 e. The summed E-state index contributed by atoms with van der Waals surface area (Å²) in [6.45, 7) is 0. The first-order valence-electron chi connectivity index (χ1n) is 3.28. The third-order valence-corrected chi connectivity index (χ3v) is 2.95. The van der Waals surface area contributed by atoms with E-state index in [1.807, 2.05) is 0 Å². The Morgan fingerprint density at radius 3 is 2.90 bits per heavy atom. The summed E-state index contributed by atoms with van der Waals surface area (Å²) in [5.41, 5.74) is 5.41. The van der Waals surface area contributed by atoms with E-state index in [0.717, 1.165) is 17.9 Å². The molecule has 1 rings (SSSR count). The largest absolute Gasteiger partial charge is 0.480 e. The molecule has 0 saturated carbocycles. The lowest BCUT2D eigenvalue weighted by Gasteiger charge is -2.11. The summed E-state index contributed by atoms with van der Waals surface area (Å²) in [6, 6.07) is -0.644. The van der Waals surface area contributed by atoms with Crippen molar-refractivity contribution in [2.45, 2.75) is 12.5 Å². The molecular weight excluding hydrogens is 150 g/mol. The number of aliphatic carboxylic acids is 1. The predicted molar refractivity (Wildman–Crippen MR) is 41.0 cm³/mol. The molecule has 0 amide bonds. The zero-order chi connectivity index (χ0) is 7.56. The van der Waals surface area contributed by atoms with Crippen molar-refractivity contribution in [3.63, 3.8) is 0 Å². The number of hydrogen-bond acceptors (Lipinski definition) is 3. The van der Waals surface area contributed by atoms with Crippen molar-refractivity contribution in [1.29, 1.82) is 0 Å². The Kier molecular flexibility index (Phi) is 2.56. The molecule has 0 aliphatic carbocycles. The summed E-state index contributed by atoms with van der Waals surface area (Å²) < 4.78 is 0. The second-order valence-corrected chi connectivity index (χ2v) is 3.64. The van der Waals surface area contributed by atoms with E-state index in [1.54, 1.807) is 11.8 Å². The zero-order valence-corrected chi connectivity index (χ0v) is 6.43. The van der Waals surface area contributed by atoms with Crippen LogP contribution in [0.1, 0.15) is 6.42 Å². The van der Waals surface area contributed by atoms with Crippen molar-refractivity contribution in [2.24, 2.45) is 11.7 Å². The maximum absolute atomic E-state index is 10.4. The van der Waals surface area contributed by atoms with Crippen LogP contribution < -0.4 is 5.73 Å². The summed E-state index contributed by atoms with van der Waals surface area (Å²) in [5, 5.41) is 8.51. The fraction of sp³-hybridized carbons (Fsp3) is 0.833. The van der Waals surface area contributed by atoms with Crippen molar-refractivity contribution in [2.75, 3.05) is 11.5 Å².